The number of nitrogens with zero attached hydrogens (tertiary/aromatic N) is 3. The van der Waals surface area contributed by atoms with E-state index in [4.69, 9.17) is 4.74 Å². The molecule has 0 bridgehead atoms. The molecule has 1 atom stereocenters. The number of hydrogen-bond donors (Lipinski definition) is 0. The Morgan fingerprint density at radius 3 is 2.72 bits per heavy atom. The molecule has 1 saturated heterocycles. The maximum absolute atomic E-state index is 13.1. The standard InChI is InChI=1S/C18H20FN3O3/c1-2-21(11-13-9-10-25-12-13)18(24)16-7-8-17(23)22(20-16)15-5-3-14(19)4-6-15/h3-8,13H,2,9-12H2,1H3/t13-/m1/s1. The number of benzene rings is 1. The van der Waals surface area contributed by atoms with E-state index in [9.17, 15) is 14.0 Å². The average Bonchev–Trinajstić information content (AvgIpc) is 3.13. The minimum Gasteiger partial charge on any atom is -0.381 e. The van der Waals surface area contributed by atoms with Crippen LogP contribution in [0.2, 0.25) is 0 Å². The molecule has 25 heavy (non-hydrogen) atoms. The largest absolute Gasteiger partial charge is 0.381 e. The predicted octanol–water partition coefficient (Wildman–Crippen LogP) is 1.87. The van der Waals surface area contributed by atoms with Crippen LogP contribution in [0.1, 0.15) is 23.8 Å². The number of halogens is 1. The summed E-state index contributed by atoms with van der Waals surface area (Å²) in [6, 6.07) is 8.12. The van der Waals surface area contributed by atoms with Gasteiger partial charge >= 0.3 is 0 Å². The molecule has 0 saturated carbocycles. The van der Waals surface area contributed by atoms with E-state index in [1.54, 1.807) is 4.90 Å². The van der Waals surface area contributed by atoms with Gasteiger partial charge in [-0.3, -0.25) is 9.59 Å². The van der Waals surface area contributed by atoms with Crippen LogP contribution in [-0.4, -0.2) is 46.9 Å². The molecule has 7 heteroatoms. The second kappa shape index (κ2) is 7.57. The molecular formula is C18H20FN3O3. The molecule has 2 aromatic rings. The molecule has 0 unspecified atom stereocenters. The molecule has 1 aliphatic heterocycles. The van der Waals surface area contributed by atoms with E-state index in [1.807, 2.05) is 6.92 Å². The second-order valence-electron chi connectivity index (χ2n) is 6.02. The van der Waals surface area contributed by atoms with Crippen molar-refractivity contribution in [1.29, 1.82) is 0 Å². The van der Waals surface area contributed by atoms with Crippen LogP contribution in [0.5, 0.6) is 0 Å². The minimum absolute atomic E-state index is 0.185. The summed E-state index contributed by atoms with van der Waals surface area (Å²) in [5, 5.41) is 4.17. The summed E-state index contributed by atoms with van der Waals surface area (Å²) in [6.45, 7) is 4.44. The fraction of sp³-hybridized carbons (Fsp3) is 0.389. The third-order valence-corrected chi connectivity index (χ3v) is 4.26. The van der Waals surface area contributed by atoms with Crippen LogP contribution in [0.15, 0.2) is 41.2 Å². The zero-order valence-electron chi connectivity index (χ0n) is 14.0. The van der Waals surface area contributed by atoms with Gasteiger partial charge in [0.2, 0.25) is 0 Å². The van der Waals surface area contributed by atoms with Crippen molar-refractivity contribution >= 4 is 5.91 Å². The van der Waals surface area contributed by atoms with Crippen molar-refractivity contribution in [3.63, 3.8) is 0 Å². The smallest absolute Gasteiger partial charge is 0.274 e. The zero-order valence-corrected chi connectivity index (χ0v) is 14.0. The van der Waals surface area contributed by atoms with Crippen LogP contribution < -0.4 is 5.56 Å². The van der Waals surface area contributed by atoms with Crippen LogP contribution in [-0.2, 0) is 4.74 Å². The number of amides is 1. The summed E-state index contributed by atoms with van der Waals surface area (Å²) in [6.07, 6.45) is 0.937. The van der Waals surface area contributed by atoms with Gasteiger partial charge in [-0.05, 0) is 43.7 Å². The van der Waals surface area contributed by atoms with Gasteiger partial charge in [0.05, 0.1) is 12.3 Å². The van der Waals surface area contributed by atoms with Crippen molar-refractivity contribution in [3.05, 3.63) is 58.3 Å². The highest BCUT2D eigenvalue weighted by Gasteiger charge is 2.23. The van der Waals surface area contributed by atoms with Gasteiger partial charge in [-0.2, -0.15) is 9.78 Å². The zero-order chi connectivity index (χ0) is 17.8. The van der Waals surface area contributed by atoms with Gasteiger partial charge in [-0.1, -0.05) is 0 Å². The van der Waals surface area contributed by atoms with Gasteiger partial charge in [-0.15, -0.1) is 0 Å². The van der Waals surface area contributed by atoms with Crippen molar-refractivity contribution in [2.24, 2.45) is 5.92 Å². The topological polar surface area (TPSA) is 64.4 Å². The second-order valence-corrected chi connectivity index (χ2v) is 6.02. The highest BCUT2D eigenvalue weighted by Crippen LogP contribution is 2.15. The highest BCUT2D eigenvalue weighted by atomic mass is 19.1. The first kappa shape index (κ1) is 17.3. The molecule has 1 aliphatic rings. The molecule has 0 radical (unpaired) electrons. The first-order chi connectivity index (χ1) is 12.1. The molecule has 1 amide bonds. The molecule has 1 aromatic heterocycles. The number of aromatic nitrogens is 2. The lowest BCUT2D eigenvalue weighted by Gasteiger charge is -2.23. The maximum Gasteiger partial charge on any atom is 0.274 e. The predicted molar refractivity (Wildman–Crippen MR) is 90.3 cm³/mol. The van der Waals surface area contributed by atoms with Crippen molar-refractivity contribution in [3.8, 4) is 5.69 Å². The molecule has 6 nitrogen and oxygen atoms in total. The Labute approximate surface area is 144 Å². The van der Waals surface area contributed by atoms with E-state index >= 15 is 0 Å². The summed E-state index contributed by atoms with van der Waals surface area (Å²) in [7, 11) is 0. The van der Waals surface area contributed by atoms with Crippen LogP contribution in [0.3, 0.4) is 0 Å². The van der Waals surface area contributed by atoms with E-state index in [-0.39, 0.29) is 17.2 Å². The third kappa shape index (κ3) is 3.93. The molecule has 132 valence electrons. The lowest BCUT2D eigenvalue weighted by Crippen LogP contribution is -2.37. The number of ether oxygens (including phenoxy) is 1. The Hall–Kier alpha value is -2.54. The van der Waals surface area contributed by atoms with Crippen LogP contribution in [0, 0.1) is 11.7 Å². The van der Waals surface area contributed by atoms with Crippen LogP contribution in [0.4, 0.5) is 4.39 Å². The van der Waals surface area contributed by atoms with E-state index in [1.165, 1.54) is 36.4 Å². The summed E-state index contributed by atoms with van der Waals surface area (Å²) >= 11 is 0. The summed E-state index contributed by atoms with van der Waals surface area (Å²) in [4.78, 5) is 26.5. The van der Waals surface area contributed by atoms with Gasteiger partial charge in [0, 0.05) is 31.7 Å². The molecule has 0 N–H and O–H groups in total. The van der Waals surface area contributed by atoms with E-state index < -0.39 is 5.82 Å². The molecule has 0 spiro atoms. The Morgan fingerprint density at radius 2 is 2.08 bits per heavy atom. The van der Waals surface area contributed by atoms with Crippen LogP contribution in [0.25, 0.3) is 5.69 Å². The number of rotatable bonds is 5. The monoisotopic (exact) mass is 345 g/mol. The lowest BCUT2D eigenvalue weighted by molar-refractivity contribution is 0.0723. The number of hydrogen-bond acceptors (Lipinski definition) is 4. The molecule has 3 rings (SSSR count). The first-order valence-corrected chi connectivity index (χ1v) is 8.32. The molecule has 1 aromatic carbocycles. The summed E-state index contributed by atoms with van der Waals surface area (Å²) in [5.41, 5.74) is 0.216. The van der Waals surface area contributed by atoms with Gasteiger partial charge in [0.15, 0.2) is 0 Å². The lowest BCUT2D eigenvalue weighted by atomic mass is 10.1. The maximum atomic E-state index is 13.1. The molecule has 1 fully saturated rings. The Balaban J connectivity index is 1.86. The third-order valence-electron chi connectivity index (χ3n) is 4.26. The van der Waals surface area contributed by atoms with Gasteiger partial charge in [0.25, 0.3) is 11.5 Å². The summed E-state index contributed by atoms with van der Waals surface area (Å²) < 4.78 is 19.5. The quantitative estimate of drug-likeness (QED) is 0.830. The van der Waals surface area contributed by atoms with Crippen molar-refractivity contribution in [1.82, 2.24) is 14.7 Å². The Bertz CT molecular complexity index is 798. The summed E-state index contributed by atoms with van der Waals surface area (Å²) in [5.74, 6) is -0.308. The van der Waals surface area contributed by atoms with Gasteiger partial charge < -0.3 is 9.64 Å². The average molecular weight is 345 g/mol. The van der Waals surface area contributed by atoms with Gasteiger partial charge in [-0.25, -0.2) is 4.39 Å². The molecular weight excluding hydrogens is 325 g/mol. The van der Waals surface area contributed by atoms with Gasteiger partial charge in [0.1, 0.15) is 11.5 Å². The molecule has 0 aliphatic carbocycles. The fourth-order valence-electron chi connectivity index (χ4n) is 2.85. The SMILES string of the molecule is CCN(C[C@H]1CCOC1)C(=O)c1ccc(=O)n(-c2ccc(F)cc2)n1. The Kier molecular flexibility index (Phi) is 5.23. The van der Waals surface area contributed by atoms with Crippen LogP contribution >= 0.6 is 0 Å². The number of carbonyl (C=O) groups is 1. The van der Waals surface area contributed by atoms with E-state index in [0.29, 0.717) is 31.3 Å². The highest BCUT2D eigenvalue weighted by molar-refractivity contribution is 5.92. The molecule has 2 heterocycles. The minimum atomic E-state index is -0.403. The van der Waals surface area contributed by atoms with E-state index in [2.05, 4.69) is 5.10 Å². The van der Waals surface area contributed by atoms with Crippen molar-refractivity contribution in [2.75, 3.05) is 26.3 Å². The number of carbonyl (C=O) groups excluding carboxylic acids is 1. The van der Waals surface area contributed by atoms with Crippen molar-refractivity contribution in [2.45, 2.75) is 13.3 Å². The van der Waals surface area contributed by atoms with Crippen molar-refractivity contribution < 1.29 is 13.9 Å². The first-order valence-electron chi connectivity index (χ1n) is 8.32. The normalized spacial score (nSPS) is 16.8. The fourth-order valence-corrected chi connectivity index (χ4v) is 2.85. The van der Waals surface area contributed by atoms with E-state index in [0.717, 1.165) is 17.7 Å². The Morgan fingerprint density at radius 1 is 1.32 bits per heavy atom.